The summed E-state index contributed by atoms with van der Waals surface area (Å²) in [5, 5.41) is 0. The molecule has 0 spiro atoms. The summed E-state index contributed by atoms with van der Waals surface area (Å²) in [7, 11) is 0. The first kappa shape index (κ1) is 2.57. The molecule has 2 N–H and O–H groups in total. The maximum Gasteiger partial charge on any atom is 0.0352 e. The highest BCUT2D eigenvalue weighted by atomic mass is 14.5. The summed E-state index contributed by atoms with van der Waals surface area (Å²) < 4.78 is 37.7. The van der Waals surface area contributed by atoms with Crippen LogP contribution in [0, 0.1) is 0 Å². The number of nitrogens with two attached hydrogens (primary N) is 1. The van der Waals surface area contributed by atoms with Gasteiger partial charge in [-0.2, -0.15) is 0 Å². The van der Waals surface area contributed by atoms with Gasteiger partial charge in [0.25, 0.3) is 0 Å². The van der Waals surface area contributed by atoms with Gasteiger partial charge in [0.2, 0.25) is 0 Å². The van der Waals surface area contributed by atoms with Gasteiger partial charge >= 0.3 is 0 Å². The molecule has 0 unspecified atom stereocenters. The smallest absolute Gasteiger partial charge is 0.0352 e. The molecule has 1 aliphatic rings. The van der Waals surface area contributed by atoms with Gasteiger partial charge in [-0.1, -0.05) is 12.1 Å². The highest BCUT2D eigenvalue weighted by Gasteiger charge is 2.22. The second-order valence-corrected chi connectivity index (χ2v) is 2.25. The summed E-state index contributed by atoms with van der Waals surface area (Å²) in [5.74, 6) is -1.81. The molecular formula is C9H11N. The van der Waals surface area contributed by atoms with Crippen molar-refractivity contribution in [3.63, 3.8) is 0 Å². The van der Waals surface area contributed by atoms with Crippen LogP contribution in [0.1, 0.15) is 31.1 Å². The molecule has 1 fully saturated rings. The molecular weight excluding hydrogens is 122 g/mol. The standard InChI is InChI=1S/C9H11N/c10-9-5-3-8(4-6-9)7-1-2-7/h3-7H,1-2,10H2/i1D2,2D2,7D. The largest absolute Gasteiger partial charge is 0.399 e. The highest BCUT2D eigenvalue weighted by molar-refractivity contribution is 5.41. The maximum atomic E-state index is 7.87. The van der Waals surface area contributed by atoms with Crippen molar-refractivity contribution in [3.05, 3.63) is 29.8 Å². The predicted octanol–water partition coefficient (Wildman–Crippen LogP) is 2.15. The van der Waals surface area contributed by atoms with Gasteiger partial charge in [0, 0.05) is 12.5 Å². The first-order chi connectivity index (χ1) is 6.75. The SMILES string of the molecule is [2H]C1([2H])C([2H])([2H])C1([2H])c1ccc(N)cc1. The highest BCUT2D eigenvalue weighted by Crippen LogP contribution is 2.39. The average Bonchev–Trinajstić information content (AvgIpc) is 2.46. The molecule has 1 aliphatic carbocycles. The Morgan fingerprint density at radius 3 is 2.50 bits per heavy atom. The fraction of sp³-hybridized carbons (Fsp3) is 0.333. The maximum absolute atomic E-state index is 7.87. The fourth-order valence-corrected chi connectivity index (χ4v) is 0.825. The zero-order valence-electron chi connectivity index (χ0n) is 10.4. The number of nitrogen functional groups attached to an aromatic ring is 1. The molecule has 1 nitrogen and oxygen atoms in total. The number of rotatable bonds is 1. The van der Waals surface area contributed by atoms with Crippen molar-refractivity contribution in [1.29, 1.82) is 0 Å². The van der Waals surface area contributed by atoms with Crippen molar-refractivity contribution in [2.45, 2.75) is 18.6 Å². The zero-order chi connectivity index (χ0) is 11.5. The van der Waals surface area contributed by atoms with E-state index in [9.17, 15) is 0 Å². The van der Waals surface area contributed by atoms with E-state index in [1.54, 1.807) is 12.1 Å². The summed E-state index contributed by atoms with van der Waals surface area (Å²) in [4.78, 5) is 0. The molecule has 0 amide bonds. The Hall–Kier alpha value is -0.980. The Kier molecular flexibility index (Phi) is 0.517. The van der Waals surface area contributed by atoms with E-state index in [2.05, 4.69) is 0 Å². The Morgan fingerprint density at radius 2 is 2.00 bits per heavy atom. The molecule has 1 aromatic rings. The van der Waals surface area contributed by atoms with Crippen LogP contribution in [0.4, 0.5) is 5.69 Å². The van der Waals surface area contributed by atoms with Gasteiger partial charge in [0.15, 0.2) is 0 Å². The van der Waals surface area contributed by atoms with Gasteiger partial charge in [0.1, 0.15) is 0 Å². The molecule has 1 saturated carbocycles. The molecule has 0 radical (unpaired) electrons. The lowest BCUT2D eigenvalue weighted by Crippen LogP contribution is -1.84. The molecule has 2 rings (SSSR count). The van der Waals surface area contributed by atoms with Crippen LogP contribution in [-0.4, -0.2) is 0 Å². The van der Waals surface area contributed by atoms with Crippen LogP contribution in [0.15, 0.2) is 24.3 Å². The second-order valence-electron chi connectivity index (χ2n) is 2.25. The third-order valence-electron chi connectivity index (χ3n) is 1.45. The van der Waals surface area contributed by atoms with Gasteiger partial charge in [-0.3, -0.25) is 0 Å². The van der Waals surface area contributed by atoms with Gasteiger partial charge in [-0.25, -0.2) is 0 Å². The monoisotopic (exact) mass is 138 g/mol. The van der Waals surface area contributed by atoms with E-state index in [4.69, 9.17) is 12.6 Å². The first-order valence-corrected chi connectivity index (χ1v) is 3.11. The van der Waals surface area contributed by atoms with Crippen molar-refractivity contribution in [2.24, 2.45) is 0 Å². The summed E-state index contributed by atoms with van der Waals surface area (Å²) in [6.07, 6.45) is -4.29. The van der Waals surface area contributed by atoms with Crippen LogP contribution in [0.5, 0.6) is 0 Å². The minimum atomic E-state index is -2.14. The quantitative estimate of drug-likeness (QED) is 0.591. The second kappa shape index (κ2) is 2.01. The van der Waals surface area contributed by atoms with Gasteiger partial charge < -0.3 is 5.73 Å². The van der Waals surface area contributed by atoms with E-state index in [1.807, 2.05) is 0 Å². The molecule has 0 aliphatic heterocycles. The van der Waals surface area contributed by atoms with E-state index in [0.717, 1.165) is 0 Å². The first-order valence-electron chi connectivity index (χ1n) is 5.61. The van der Waals surface area contributed by atoms with Crippen molar-refractivity contribution in [2.75, 3.05) is 5.73 Å². The molecule has 1 aromatic carbocycles. The van der Waals surface area contributed by atoms with Crippen molar-refractivity contribution >= 4 is 5.69 Å². The van der Waals surface area contributed by atoms with Crippen LogP contribution in [0.2, 0.25) is 0 Å². The van der Waals surface area contributed by atoms with E-state index in [-0.39, 0.29) is 0 Å². The number of hydrogen-bond donors (Lipinski definition) is 1. The Morgan fingerprint density at radius 1 is 1.40 bits per heavy atom. The Bertz CT molecular complexity index is 383. The van der Waals surface area contributed by atoms with Crippen LogP contribution in [0.3, 0.4) is 0 Å². The van der Waals surface area contributed by atoms with E-state index in [1.165, 1.54) is 12.1 Å². The van der Waals surface area contributed by atoms with Crippen molar-refractivity contribution in [1.82, 2.24) is 0 Å². The molecule has 52 valence electrons. The fourth-order valence-electron chi connectivity index (χ4n) is 0.825. The summed E-state index contributed by atoms with van der Waals surface area (Å²) in [6.45, 7) is 0. The third-order valence-corrected chi connectivity index (χ3v) is 1.45. The van der Waals surface area contributed by atoms with Crippen molar-refractivity contribution in [3.8, 4) is 0 Å². The number of benzene rings is 1. The minimum absolute atomic E-state index is 0.326. The third kappa shape index (κ3) is 0.991. The summed E-state index contributed by atoms with van der Waals surface area (Å²) in [5.41, 5.74) is 6.32. The van der Waals surface area contributed by atoms with E-state index < -0.39 is 18.6 Å². The van der Waals surface area contributed by atoms with E-state index in [0.29, 0.717) is 11.3 Å². The average molecular weight is 138 g/mol. The topological polar surface area (TPSA) is 26.0 Å². The Balaban J connectivity index is 2.46. The van der Waals surface area contributed by atoms with Gasteiger partial charge in [-0.05, 0) is 36.3 Å². The van der Waals surface area contributed by atoms with Crippen LogP contribution in [0.25, 0.3) is 0 Å². The molecule has 0 atom stereocenters. The van der Waals surface area contributed by atoms with Gasteiger partial charge in [0.05, 0.1) is 0 Å². The Labute approximate surface area is 67.9 Å². The zero-order valence-corrected chi connectivity index (χ0v) is 5.39. The lowest BCUT2D eigenvalue weighted by molar-refractivity contribution is 1.13. The normalized spacial score (nSPS) is 37.8. The number of anilines is 1. The van der Waals surface area contributed by atoms with E-state index >= 15 is 0 Å². The van der Waals surface area contributed by atoms with Crippen LogP contribution in [-0.2, 0) is 0 Å². The summed E-state index contributed by atoms with van der Waals surface area (Å²) >= 11 is 0. The van der Waals surface area contributed by atoms with Crippen LogP contribution >= 0.6 is 0 Å². The lowest BCUT2D eigenvalue weighted by Gasteiger charge is -1.96. The van der Waals surface area contributed by atoms with Gasteiger partial charge in [-0.15, -0.1) is 0 Å². The minimum Gasteiger partial charge on any atom is -0.399 e. The lowest BCUT2D eigenvalue weighted by atomic mass is 10.1. The van der Waals surface area contributed by atoms with Crippen LogP contribution < -0.4 is 5.73 Å². The number of hydrogen-bond acceptors (Lipinski definition) is 1. The van der Waals surface area contributed by atoms with Crippen molar-refractivity contribution < 1.29 is 6.85 Å². The molecule has 0 heterocycles. The molecule has 0 bridgehead atoms. The molecule has 0 aromatic heterocycles. The predicted molar refractivity (Wildman–Crippen MR) is 42.8 cm³/mol. The molecule has 1 heteroatoms. The molecule has 0 saturated heterocycles. The molecule has 10 heavy (non-hydrogen) atoms. The summed E-state index contributed by atoms with van der Waals surface area (Å²) in [6, 6.07) is 6.11.